The molecule has 2 aromatic heterocycles. The number of para-hydroxylation sites is 1. The number of carbonyl (C=O) groups is 2. The van der Waals surface area contributed by atoms with E-state index in [-0.39, 0.29) is 18.9 Å². The fraction of sp³-hybridized carbons (Fsp3) is 0.167. The Morgan fingerprint density at radius 2 is 1.63 bits per heavy atom. The molecule has 8 heteroatoms. The third kappa shape index (κ3) is 5.59. The Labute approximate surface area is 220 Å². The molecule has 0 fully saturated rings. The number of hydrogen-bond donors (Lipinski definition) is 3. The molecule has 0 aliphatic rings. The number of carbonyl (C=O) groups excluding carboxylic acids is 2. The van der Waals surface area contributed by atoms with Crippen molar-refractivity contribution in [3.05, 3.63) is 114 Å². The summed E-state index contributed by atoms with van der Waals surface area (Å²) in [6, 6.07) is 26.2. The van der Waals surface area contributed by atoms with Crippen molar-refractivity contribution in [2.45, 2.75) is 26.0 Å². The molecule has 3 aromatic carbocycles. The number of amides is 1. The number of imidazole rings is 1. The van der Waals surface area contributed by atoms with Crippen LogP contribution in [0.4, 0.5) is 4.79 Å². The highest BCUT2D eigenvalue weighted by Crippen LogP contribution is 2.28. The number of esters is 1. The van der Waals surface area contributed by atoms with Gasteiger partial charge in [-0.2, -0.15) is 0 Å². The molecule has 0 saturated carbocycles. The summed E-state index contributed by atoms with van der Waals surface area (Å²) in [4.78, 5) is 36.9. The van der Waals surface area contributed by atoms with Gasteiger partial charge in [0.1, 0.15) is 18.1 Å². The number of aromatic amines is 2. The van der Waals surface area contributed by atoms with E-state index in [0.29, 0.717) is 17.9 Å². The Hall–Kier alpha value is -4.85. The van der Waals surface area contributed by atoms with Gasteiger partial charge in [0.25, 0.3) is 0 Å². The van der Waals surface area contributed by atoms with Crippen LogP contribution in [0.25, 0.3) is 22.2 Å². The molecular formula is C30H28N4O4. The second-order valence-corrected chi connectivity index (χ2v) is 8.75. The summed E-state index contributed by atoms with van der Waals surface area (Å²) in [6.07, 6.45) is 1.74. The maximum absolute atomic E-state index is 12.9. The van der Waals surface area contributed by atoms with E-state index in [1.165, 1.54) is 0 Å². The zero-order valence-electron chi connectivity index (χ0n) is 20.9. The summed E-state index contributed by atoms with van der Waals surface area (Å²) in [6.45, 7) is 2.11. The predicted octanol–water partition coefficient (Wildman–Crippen LogP) is 5.94. The first-order valence-electron chi connectivity index (χ1n) is 12.5. The fourth-order valence-corrected chi connectivity index (χ4v) is 4.36. The smallest absolute Gasteiger partial charge is 0.408 e. The first-order chi connectivity index (χ1) is 18.6. The first-order valence-corrected chi connectivity index (χ1v) is 12.5. The van der Waals surface area contributed by atoms with Gasteiger partial charge in [-0.1, -0.05) is 78.9 Å². The van der Waals surface area contributed by atoms with Crippen molar-refractivity contribution in [2.75, 3.05) is 6.61 Å². The van der Waals surface area contributed by atoms with Crippen molar-refractivity contribution < 1.29 is 19.1 Å². The zero-order valence-corrected chi connectivity index (χ0v) is 20.9. The van der Waals surface area contributed by atoms with E-state index >= 15 is 0 Å². The van der Waals surface area contributed by atoms with E-state index in [9.17, 15) is 9.59 Å². The van der Waals surface area contributed by atoms with Crippen LogP contribution < -0.4 is 5.32 Å². The normalized spacial score (nSPS) is 11.7. The summed E-state index contributed by atoms with van der Waals surface area (Å²) in [5.74, 6) is -0.0866. The van der Waals surface area contributed by atoms with Crippen molar-refractivity contribution in [2.24, 2.45) is 0 Å². The lowest BCUT2D eigenvalue weighted by molar-refractivity contribution is 0.0521. The fourth-order valence-electron chi connectivity index (χ4n) is 4.36. The zero-order chi connectivity index (χ0) is 26.3. The summed E-state index contributed by atoms with van der Waals surface area (Å²) < 4.78 is 10.8. The van der Waals surface area contributed by atoms with Gasteiger partial charge in [-0.25, -0.2) is 14.6 Å². The number of ether oxygens (including phenoxy) is 2. The van der Waals surface area contributed by atoms with Gasteiger partial charge in [-0.3, -0.25) is 0 Å². The largest absolute Gasteiger partial charge is 0.461 e. The number of rotatable bonds is 9. The SMILES string of the molecule is CCOC(=O)c1[nH]c([C@@H](Cc2c[nH]c3ccccc23)NC(=O)OCc2ccccc2)nc1-c1ccccc1. The number of nitrogens with zero attached hydrogens (tertiary/aromatic N) is 1. The predicted molar refractivity (Wildman–Crippen MR) is 144 cm³/mol. The van der Waals surface area contributed by atoms with Crippen LogP contribution in [0.3, 0.4) is 0 Å². The standard InChI is InChI=1S/C30H28N4O4/c1-2-37-29(35)27-26(21-13-7-4-8-14-21)33-28(34-27)25(17-22-18-31-24-16-10-9-15-23(22)24)32-30(36)38-19-20-11-5-3-6-12-20/h3-16,18,25,31H,2,17,19H2,1H3,(H,32,36)(H,33,34)/t25-/m1/s1. The summed E-state index contributed by atoms with van der Waals surface area (Å²) >= 11 is 0. The molecule has 0 radical (unpaired) electrons. The van der Waals surface area contributed by atoms with Gasteiger partial charge < -0.3 is 24.8 Å². The van der Waals surface area contributed by atoms with Gasteiger partial charge in [0.15, 0.2) is 5.69 Å². The maximum atomic E-state index is 12.9. The second kappa shape index (κ2) is 11.5. The average molecular weight is 509 g/mol. The van der Waals surface area contributed by atoms with Gasteiger partial charge in [-0.05, 0) is 24.1 Å². The lowest BCUT2D eigenvalue weighted by Gasteiger charge is -2.17. The molecule has 0 aliphatic heterocycles. The van der Waals surface area contributed by atoms with Crippen LogP contribution in [0.2, 0.25) is 0 Å². The molecular weight excluding hydrogens is 480 g/mol. The Balaban J connectivity index is 1.48. The van der Waals surface area contributed by atoms with Crippen LogP contribution in [-0.4, -0.2) is 33.6 Å². The number of H-pyrrole nitrogens is 2. The molecule has 0 unspecified atom stereocenters. The van der Waals surface area contributed by atoms with Crippen molar-refractivity contribution in [3.8, 4) is 11.3 Å². The van der Waals surface area contributed by atoms with Crippen LogP contribution in [0.5, 0.6) is 0 Å². The quantitative estimate of drug-likeness (QED) is 0.213. The number of aromatic nitrogens is 3. The summed E-state index contributed by atoms with van der Waals surface area (Å²) in [5.41, 5.74) is 4.31. The number of nitrogens with one attached hydrogen (secondary N) is 3. The molecule has 0 aliphatic carbocycles. The Morgan fingerprint density at radius 3 is 2.39 bits per heavy atom. The molecule has 1 atom stereocenters. The molecule has 192 valence electrons. The molecule has 2 heterocycles. The molecule has 0 bridgehead atoms. The Morgan fingerprint density at radius 1 is 0.921 bits per heavy atom. The molecule has 0 saturated heterocycles. The van der Waals surface area contributed by atoms with Crippen molar-refractivity contribution >= 4 is 23.0 Å². The molecule has 0 spiro atoms. The van der Waals surface area contributed by atoms with Crippen LogP contribution in [0.1, 0.15) is 40.4 Å². The van der Waals surface area contributed by atoms with Gasteiger partial charge in [0.05, 0.1) is 12.6 Å². The van der Waals surface area contributed by atoms with Gasteiger partial charge >= 0.3 is 12.1 Å². The third-order valence-corrected chi connectivity index (χ3v) is 6.18. The maximum Gasteiger partial charge on any atom is 0.408 e. The molecule has 1 amide bonds. The van der Waals surface area contributed by atoms with E-state index in [1.807, 2.05) is 91.1 Å². The van der Waals surface area contributed by atoms with Crippen LogP contribution >= 0.6 is 0 Å². The minimum Gasteiger partial charge on any atom is -0.461 e. The van der Waals surface area contributed by atoms with Gasteiger partial charge in [-0.15, -0.1) is 0 Å². The number of fused-ring (bicyclic) bond motifs is 1. The minimum absolute atomic E-state index is 0.133. The average Bonchev–Trinajstić information content (AvgIpc) is 3.58. The van der Waals surface area contributed by atoms with E-state index in [4.69, 9.17) is 14.5 Å². The van der Waals surface area contributed by atoms with Gasteiger partial charge in [0.2, 0.25) is 0 Å². The van der Waals surface area contributed by atoms with E-state index < -0.39 is 18.1 Å². The Bertz CT molecular complexity index is 1530. The molecule has 38 heavy (non-hydrogen) atoms. The molecule has 3 N–H and O–H groups in total. The number of hydrogen-bond acceptors (Lipinski definition) is 5. The number of benzene rings is 3. The van der Waals surface area contributed by atoms with Crippen molar-refractivity contribution in [1.82, 2.24) is 20.3 Å². The molecule has 5 rings (SSSR count). The Kier molecular flexibility index (Phi) is 7.49. The minimum atomic E-state index is -0.608. The molecule has 8 nitrogen and oxygen atoms in total. The van der Waals surface area contributed by atoms with E-state index in [0.717, 1.165) is 27.6 Å². The van der Waals surface area contributed by atoms with E-state index in [1.54, 1.807) is 6.92 Å². The van der Waals surface area contributed by atoms with Crippen LogP contribution in [0.15, 0.2) is 91.1 Å². The lowest BCUT2D eigenvalue weighted by atomic mass is 10.0. The lowest BCUT2D eigenvalue weighted by Crippen LogP contribution is -2.31. The summed E-state index contributed by atoms with van der Waals surface area (Å²) in [7, 11) is 0. The van der Waals surface area contributed by atoms with Crippen LogP contribution in [-0.2, 0) is 22.5 Å². The van der Waals surface area contributed by atoms with Crippen LogP contribution in [0, 0.1) is 0 Å². The highest BCUT2D eigenvalue weighted by atomic mass is 16.5. The summed E-state index contributed by atoms with van der Waals surface area (Å²) in [5, 5.41) is 3.99. The number of alkyl carbamates (subject to hydrolysis) is 1. The third-order valence-electron chi connectivity index (χ3n) is 6.18. The monoisotopic (exact) mass is 508 g/mol. The molecule has 5 aromatic rings. The topological polar surface area (TPSA) is 109 Å². The van der Waals surface area contributed by atoms with Crippen molar-refractivity contribution in [1.29, 1.82) is 0 Å². The van der Waals surface area contributed by atoms with Crippen molar-refractivity contribution in [3.63, 3.8) is 0 Å². The van der Waals surface area contributed by atoms with Gasteiger partial charge in [0, 0.05) is 29.1 Å². The second-order valence-electron chi connectivity index (χ2n) is 8.75. The first kappa shape index (κ1) is 24.8. The highest BCUT2D eigenvalue weighted by molar-refractivity contribution is 5.94. The highest BCUT2D eigenvalue weighted by Gasteiger charge is 2.26. The van der Waals surface area contributed by atoms with E-state index in [2.05, 4.69) is 15.3 Å².